The maximum atomic E-state index is 8.60. The van der Waals surface area contributed by atoms with Gasteiger partial charge in [-0.2, -0.15) is 0 Å². The van der Waals surface area contributed by atoms with E-state index in [4.69, 9.17) is 15.7 Å². The summed E-state index contributed by atoms with van der Waals surface area (Å²) in [5.41, 5.74) is 9.39. The molecular formula is C15H25N3O2. The van der Waals surface area contributed by atoms with Crippen LogP contribution in [0.3, 0.4) is 0 Å². The van der Waals surface area contributed by atoms with Crippen molar-refractivity contribution in [2.75, 3.05) is 26.8 Å². The molecule has 0 aliphatic carbocycles. The summed E-state index contributed by atoms with van der Waals surface area (Å²) in [4.78, 5) is 2.24. The summed E-state index contributed by atoms with van der Waals surface area (Å²) in [5, 5.41) is 11.6. The molecule has 0 aliphatic heterocycles. The number of nitrogens with zero attached hydrogens (tertiary/aromatic N) is 2. The summed E-state index contributed by atoms with van der Waals surface area (Å²) in [6.07, 6.45) is 0.547. The molecule has 0 atom stereocenters. The molecular weight excluding hydrogens is 254 g/mol. The van der Waals surface area contributed by atoms with Gasteiger partial charge in [0.1, 0.15) is 5.84 Å². The number of ether oxygens (including phenoxy) is 1. The Balaban J connectivity index is 2.64. The largest absolute Gasteiger partial charge is 0.409 e. The van der Waals surface area contributed by atoms with Crippen LogP contribution in [0.2, 0.25) is 0 Å². The van der Waals surface area contributed by atoms with Crippen molar-refractivity contribution in [1.29, 1.82) is 0 Å². The third kappa shape index (κ3) is 5.59. The first kappa shape index (κ1) is 16.5. The Morgan fingerprint density at radius 1 is 1.30 bits per heavy atom. The summed E-state index contributed by atoms with van der Waals surface area (Å²) in [6.45, 7) is 7.30. The van der Waals surface area contributed by atoms with Crippen LogP contribution >= 0.6 is 0 Å². The molecule has 0 bridgehead atoms. The molecule has 5 heteroatoms. The quantitative estimate of drug-likeness (QED) is 0.330. The molecule has 1 aromatic carbocycles. The van der Waals surface area contributed by atoms with Crippen LogP contribution in [0.5, 0.6) is 0 Å². The van der Waals surface area contributed by atoms with Crippen LogP contribution in [0.25, 0.3) is 0 Å². The molecule has 3 N–H and O–H groups in total. The molecule has 0 amide bonds. The van der Waals surface area contributed by atoms with E-state index in [9.17, 15) is 0 Å². The third-order valence-electron chi connectivity index (χ3n) is 3.40. The molecule has 1 aromatic rings. The Bertz CT molecular complexity index is 447. The van der Waals surface area contributed by atoms with E-state index in [2.05, 4.69) is 42.1 Å². The summed E-state index contributed by atoms with van der Waals surface area (Å²) in [7, 11) is 1.69. The minimum absolute atomic E-state index is 0.257. The van der Waals surface area contributed by atoms with Crippen molar-refractivity contribution < 1.29 is 9.94 Å². The van der Waals surface area contributed by atoms with E-state index < -0.39 is 0 Å². The zero-order chi connectivity index (χ0) is 15.0. The second-order valence-electron chi connectivity index (χ2n) is 5.03. The maximum Gasteiger partial charge on any atom is 0.140 e. The summed E-state index contributed by atoms with van der Waals surface area (Å²) in [5.74, 6) is 0.257. The second kappa shape index (κ2) is 8.55. The molecule has 1 rings (SSSR count). The molecule has 0 heterocycles. The van der Waals surface area contributed by atoms with Gasteiger partial charge in [-0.1, -0.05) is 23.4 Å². The van der Waals surface area contributed by atoms with Crippen LogP contribution in [0, 0.1) is 13.8 Å². The van der Waals surface area contributed by atoms with E-state index >= 15 is 0 Å². The van der Waals surface area contributed by atoms with E-state index in [0.29, 0.717) is 13.0 Å². The molecule has 0 aromatic heterocycles. The first-order valence-electron chi connectivity index (χ1n) is 6.80. The van der Waals surface area contributed by atoms with Crippen molar-refractivity contribution in [2.24, 2.45) is 10.9 Å². The lowest BCUT2D eigenvalue weighted by atomic mass is 10.1. The molecule has 0 radical (unpaired) electrons. The lowest BCUT2D eigenvalue weighted by Crippen LogP contribution is -2.30. The van der Waals surface area contributed by atoms with Crippen LogP contribution < -0.4 is 5.73 Å². The van der Waals surface area contributed by atoms with Crippen molar-refractivity contribution in [3.05, 3.63) is 34.9 Å². The number of aryl methyl sites for hydroxylation is 2. The van der Waals surface area contributed by atoms with Gasteiger partial charge in [-0.15, -0.1) is 0 Å². The van der Waals surface area contributed by atoms with Gasteiger partial charge >= 0.3 is 0 Å². The van der Waals surface area contributed by atoms with Crippen molar-refractivity contribution in [3.63, 3.8) is 0 Å². The molecule has 0 spiro atoms. The molecule has 0 unspecified atom stereocenters. The summed E-state index contributed by atoms with van der Waals surface area (Å²) >= 11 is 0. The van der Waals surface area contributed by atoms with Gasteiger partial charge in [0.25, 0.3) is 0 Å². The van der Waals surface area contributed by atoms with Gasteiger partial charge in [0.2, 0.25) is 0 Å². The van der Waals surface area contributed by atoms with Crippen molar-refractivity contribution >= 4 is 5.84 Å². The highest BCUT2D eigenvalue weighted by Crippen LogP contribution is 2.12. The number of benzene rings is 1. The number of rotatable bonds is 8. The monoisotopic (exact) mass is 279 g/mol. The Hall–Kier alpha value is -1.59. The minimum atomic E-state index is 0.257. The van der Waals surface area contributed by atoms with Gasteiger partial charge in [-0.05, 0) is 30.5 Å². The van der Waals surface area contributed by atoms with Gasteiger partial charge in [-0.3, -0.25) is 4.90 Å². The van der Waals surface area contributed by atoms with Gasteiger partial charge < -0.3 is 15.7 Å². The fraction of sp³-hybridized carbons (Fsp3) is 0.533. The smallest absolute Gasteiger partial charge is 0.140 e. The Kier molecular flexibility index (Phi) is 7.04. The SMILES string of the molecule is COCCN(CCC(N)=NO)Cc1ccc(C)c(C)c1. The second-order valence-corrected chi connectivity index (χ2v) is 5.03. The minimum Gasteiger partial charge on any atom is -0.409 e. The van der Waals surface area contributed by atoms with Crippen molar-refractivity contribution in [2.45, 2.75) is 26.8 Å². The van der Waals surface area contributed by atoms with Crippen molar-refractivity contribution in [1.82, 2.24) is 4.90 Å². The number of nitrogens with two attached hydrogens (primary N) is 1. The number of hydrogen-bond acceptors (Lipinski definition) is 4. The first-order chi connectivity index (χ1) is 9.56. The lowest BCUT2D eigenvalue weighted by Gasteiger charge is -2.22. The van der Waals surface area contributed by atoms with Crippen LogP contribution in [-0.2, 0) is 11.3 Å². The average Bonchev–Trinajstić information content (AvgIpc) is 2.45. The van der Waals surface area contributed by atoms with E-state index in [1.165, 1.54) is 16.7 Å². The molecule has 0 fully saturated rings. The Labute approximate surface area is 121 Å². The molecule has 112 valence electrons. The van der Waals surface area contributed by atoms with Crippen molar-refractivity contribution in [3.8, 4) is 0 Å². The van der Waals surface area contributed by atoms with E-state index in [1.54, 1.807) is 7.11 Å². The molecule has 20 heavy (non-hydrogen) atoms. The highest BCUT2D eigenvalue weighted by Gasteiger charge is 2.08. The molecule has 0 saturated carbocycles. The zero-order valence-corrected chi connectivity index (χ0v) is 12.6. The lowest BCUT2D eigenvalue weighted by molar-refractivity contribution is 0.145. The first-order valence-corrected chi connectivity index (χ1v) is 6.80. The fourth-order valence-electron chi connectivity index (χ4n) is 1.97. The molecule has 0 aliphatic rings. The standard InChI is InChI=1S/C15H25N3O2/c1-12-4-5-14(10-13(12)2)11-18(8-9-20-3)7-6-15(16)17-19/h4-5,10,19H,6-9,11H2,1-3H3,(H2,16,17). The molecule has 5 nitrogen and oxygen atoms in total. The predicted molar refractivity (Wildman–Crippen MR) is 81.1 cm³/mol. The number of amidine groups is 1. The topological polar surface area (TPSA) is 71.1 Å². The maximum absolute atomic E-state index is 8.60. The average molecular weight is 279 g/mol. The van der Waals surface area contributed by atoms with Crippen LogP contribution in [0.4, 0.5) is 0 Å². The summed E-state index contributed by atoms with van der Waals surface area (Å²) < 4.78 is 5.13. The normalized spacial score (nSPS) is 12.1. The predicted octanol–water partition coefficient (Wildman–Crippen LogP) is 1.89. The third-order valence-corrected chi connectivity index (χ3v) is 3.40. The Morgan fingerprint density at radius 3 is 2.65 bits per heavy atom. The number of oxime groups is 1. The van der Waals surface area contributed by atoms with E-state index in [-0.39, 0.29) is 5.84 Å². The number of hydrogen-bond donors (Lipinski definition) is 2. The molecule has 0 saturated heterocycles. The number of methoxy groups -OCH3 is 1. The van der Waals surface area contributed by atoms with E-state index in [0.717, 1.165) is 19.6 Å². The summed E-state index contributed by atoms with van der Waals surface area (Å²) in [6, 6.07) is 6.49. The highest BCUT2D eigenvalue weighted by atomic mass is 16.5. The highest BCUT2D eigenvalue weighted by molar-refractivity contribution is 5.79. The van der Waals surface area contributed by atoms with Gasteiger partial charge in [0.05, 0.1) is 6.61 Å². The van der Waals surface area contributed by atoms with E-state index in [1.807, 2.05) is 0 Å². The van der Waals surface area contributed by atoms with Crippen LogP contribution in [-0.4, -0.2) is 42.7 Å². The zero-order valence-electron chi connectivity index (χ0n) is 12.6. The van der Waals surface area contributed by atoms with Gasteiger partial charge in [-0.25, -0.2) is 0 Å². The van der Waals surface area contributed by atoms with Gasteiger partial charge in [0.15, 0.2) is 0 Å². The van der Waals surface area contributed by atoms with Crippen LogP contribution in [0.1, 0.15) is 23.1 Å². The van der Waals surface area contributed by atoms with Gasteiger partial charge in [0, 0.05) is 33.2 Å². The van der Waals surface area contributed by atoms with Crippen LogP contribution in [0.15, 0.2) is 23.4 Å². The Morgan fingerprint density at radius 2 is 2.05 bits per heavy atom. The fourth-order valence-corrected chi connectivity index (χ4v) is 1.97.